The monoisotopic (exact) mass is 267 g/mol. The zero-order valence-corrected chi connectivity index (χ0v) is 11.2. The maximum absolute atomic E-state index is 12.3. The van der Waals surface area contributed by atoms with Crippen molar-refractivity contribution in [2.75, 3.05) is 13.1 Å². The second-order valence-corrected chi connectivity index (χ2v) is 5.68. The van der Waals surface area contributed by atoms with E-state index in [0.29, 0.717) is 19.5 Å². The van der Waals surface area contributed by atoms with E-state index in [0.717, 1.165) is 11.3 Å². The predicted octanol–water partition coefficient (Wildman–Crippen LogP) is 2.17. The molecule has 1 aromatic heterocycles. The van der Waals surface area contributed by atoms with Gasteiger partial charge < -0.3 is 10.0 Å². The van der Waals surface area contributed by atoms with Gasteiger partial charge in [0, 0.05) is 18.0 Å². The van der Waals surface area contributed by atoms with Crippen LogP contribution in [0, 0.1) is 5.92 Å². The number of hydrogen-bond donors (Lipinski definition) is 1. The highest BCUT2D eigenvalue weighted by Crippen LogP contribution is 2.25. The molecule has 98 valence electrons. The Balaban J connectivity index is 2.02. The molecular weight excluding hydrogens is 250 g/mol. The van der Waals surface area contributed by atoms with Crippen LogP contribution in [0.3, 0.4) is 0 Å². The van der Waals surface area contributed by atoms with Gasteiger partial charge in [0.2, 0.25) is 5.91 Å². The van der Waals surface area contributed by atoms with Gasteiger partial charge in [-0.3, -0.25) is 9.59 Å². The average molecular weight is 267 g/mol. The summed E-state index contributed by atoms with van der Waals surface area (Å²) in [7, 11) is 0. The Labute approximate surface area is 110 Å². The van der Waals surface area contributed by atoms with Crippen molar-refractivity contribution in [2.45, 2.75) is 25.7 Å². The number of likely N-dealkylation sites (tertiary alicyclic amines) is 1. The summed E-state index contributed by atoms with van der Waals surface area (Å²) in [5.41, 5.74) is 0. The third kappa shape index (κ3) is 2.72. The molecule has 0 aromatic carbocycles. The number of hydrogen-bond acceptors (Lipinski definition) is 3. The summed E-state index contributed by atoms with van der Waals surface area (Å²) in [6, 6.07) is 3.88. The standard InChI is InChI=1S/C13H17NO3S/c1-9(11-5-3-7-18-11)12(15)14-6-2-4-10(8-14)13(16)17/h3,5,7,9-10H,2,4,6,8H2,1H3,(H,16,17). The van der Waals surface area contributed by atoms with E-state index in [-0.39, 0.29) is 11.8 Å². The molecule has 2 atom stereocenters. The molecule has 4 nitrogen and oxygen atoms in total. The van der Waals surface area contributed by atoms with Crippen LogP contribution in [0.4, 0.5) is 0 Å². The van der Waals surface area contributed by atoms with Gasteiger partial charge in [-0.1, -0.05) is 6.07 Å². The summed E-state index contributed by atoms with van der Waals surface area (Å²) in [6.07, 6.45) is 1.45. The fraction of sp³-hybridized carbons (Fsp3) is 0.538. The van der Waals surface area contributed by atoms with Crippen LogP contribution in [0.2, 0.25) is 0 Å². The van der Waals surface area contributed by atoms with Gasteiger partial charge in [-0.2, -0.15) is 0 Å². The largest absolute Gasteiger partial charge is 0.481 e. The lowest BCUT2D eigenvalue weighted by atomic mass is 9.96. The van der Waals surface area contributed by atoms with Crippen LogP contribution >= 0.6 is 11.3 Å². The van der Waals surface area contributed by atoms with Gasteiger partial charge in [-0.05, 0) is 31.2 Å². The third-order valence-corrected chi connectivity index (χ3v) is 4.48. The molecule has 2 rings (SSSR count). The van der Waals surface area contributed by atoms with E-state index in [1.165, 1.54) is 0 Å². The summed E-state index contributed by atoms with van der Waals surface area (Å²) in [5, 5.41) is 11.0. The highest BCUT2D eigenvalue weighted by Gasteiger charge is 2.30. The van der Waals surface area contributed by atoms with Crippen molar-refractivity contribution in [2.24, 2.45) is 5.92 Å². The number of amides is 1. The average Bonchev–Trinajstić information content (AvgIpc) is 2.91. The molecule has 2 unspecified atom stereocenters. The zero-order chi connectivity index (χ0) is 13.1. The summed E-state index contributed by atoms with van der Waals surface area (Å²) >= 11 is 1.57. The minimum absolute atomic E-state index is 0.0448. The minimum atomic E-state index is -0.795. The van der Waals surface area contributed by atoms with Gasteiger partial charge in [0.05, 0.1) is 11.8 Å². The first-order valence-electron chi connectivity index (χ1n) is 6.14. The highest BCUT2D eigenvalue weighted by atomic mass is 32.1. The Morgan fingerprint density at radius 2 is 2.33 bits per heavy atom. The Morgan fingerprint density at radius 1 is 1.56 bits per heavy atom. The van der Waals surface area contributed by atoms with Crippen LogP contribution in [0.25, 0.3) is 0 Å². The lowest BCUT2D eigenvalue weighted by Gasteiger charge is -2.32. The number of rotatable bonds is 3. The first-order chi connectivity index (χ1) is 8.59. The van der Waals surface area contributed by atoms with E-state index in [1.807, 2.05) is 24.4 Å². The lowest BCUT2D eigenvalue weighted by molar-refractivity contribution is -0.146. The summed E-state index contributed by atoms with van der Waals surface area (Å²) < 4.78 is 0. The van der Waals surface area contributed by atoms with Gasteiger partial charge in [0.25, 0.3) is 0 Å². The normalized spacial score (nSPS) is 21.6. The van der Waals surface area contributed by atoms with Crippen LogP contribution in [-0.4, -0.2) is 35.0 Å². The molecule has 1 fully saturated rings. The fourth-order valence-electron chi connectivity index (χ4n) is 2.31. The SMILES string of the molecule is CC(C(=O)N1CCCC(C(=O)O)C1)c1cccs1. The summed E-state index contributed by atoms with van der Waals surface area (Å²) in [6.45, 7) is 2.92. The molecule has 1 saturated heterocycles. The molecule has 1 aliphatic rings. The minimum Gasteiger partial charge on any atom is -0.481 e. The van der Waals surface area contributed by atoms with Crippen LogP contribution < -0.4 is 0 Å². The molecule has 5 heteroatoms. The summed E-state index contributed by atoms with van der Waals surface area (Å²) in [4.78, 5) is 26.0. The number of thiophene rings is 1. The van der Waals surface area contributed by atoms with Gasteiger partial charge >= 0.3 is 5.97 Å². The molecule has 18 heavy (non-hydrogen) atoms. The highest BCUT2D eigenvalue weighted by molar-refractivity contribution is 7.10. The molecule has 0 bridgehead atoms. The molecule has 1 N–H and O–H groups in total. The van der Waals surface area contributed by atoms with Gasteiger partial charge in [-0.15, -0.1) is 11.3 Å². The lowest BCUT2D eigenvalue weighted by Crippen LogP contribution is -2.43. The van der Waals surface area contributed by atoms with E-state index in [2.05, 4.69) is 0 Å². The molecule has 0 radical (unpaired) electrons. The number of nitrogens with zero attached hydrogens (tertiary/aromatic N) is 1. The van der Waals surface area contributed by atoms with Crippen LogP contribution in [0.5, 0.6) is 0 Å². The summed E-state index contributed by atoms with van der Waals surface area (Å²) in [5.74, 6) is -1.32. The maximum atomic E-state index is 12.3. The van der Waals surface area contributed by atoms with E-state index >= 15 is 0 Å². The maximum Gasteiger partial charge on any atom is 0.308 e. The Morgan fingerprint density at radius 3 is 2.94 bits per heavy atom. The van der Waals surface area contributed by atoms with E-state index in [4.69, 9.17) is 5.11 Å². The number of carboxylic acids is 1. The number of carbonyl (C=O) groups excluding carboxylic acids is 1. The number of carbonyl (C=O) groups is 2. The number of piperidine rings is 1. The second-order valence-electron chi connectivity index (χ2n) is 4.70. The molecule has 0 saturated carbocycles. The van der Waals surface area contributed by atoms with Crippen molar-refractivity contribution >= 4 is 23.2 Å². The Hall–Kier alpha value is -1.36. The number of aliphatic carboxylic acids is 1. The van der Waals surface area contributed by atoms with Crippen LogP contribution in [0.15, 0.2) is 17.5 Å². The topological polar surface area (TPSA) is 57.6 Å². The molecule has 1 aliphatic heterocycles. The predicted molar refractivity (Wildman–Crippen MR) is 69.7 cm³/mol. The molecular formula is C13H17NO3S. The molecule has 2 heterocycles. The van der Waals surface area contributed by atoms with Gasteiger partial charge in [0.1, 0.15) is 0 Å². The fourth-order valence-corrected chi connectivity index (χ4v) is 3.09. The molecule has 1 aromatic rings. The second kappa shape index (κ2) is 5.52. The molecule has 0 aliphatic carbocycles. The van der Waals surface area contributed by atoms with Crippen molar-refractivity contribution < 1.29 is 14.7 Å². The van der Waals surface area contributed by atoms with Crippen molar-refractivity contribution in [1.82, 2.24) is 4.90 Å². The quantitative estimate of drug-likeness (QED) is 0.913. The molecule has 0 spiro atoms. The van der Waals surface area contributed by atoms with Crippen molar-refractivity contribution in [1.29, 1.82) is 0 Å². The van der Waals surface area contributed by atoms with Crippen LogP contribution in [0.1, 0.15) is 30.6 Å². The van der Waals surface area contributed by atoms with E-state index < -0.39 is 11.9 Å². The van der Waals surface area contributed by atoms with Crippen LogP contribution in [-0.2, 0) is 9.59 Å². The van der Waals surface area contributed by atoms with E-state index in [9.17, 15) is 9.59 Å². The van der Waals surface area contributed by atoms with Gasteiger partial charge in [-0.25, -0.2) is 0 Å². The third-order valence-electron chi connectivity index (χ3n) is 3.42. The first kappa shape index (κ1) is 13.1. The Bertz CT molecular complexity index is 429. The van der Waals surface area contributed by atoms with Crippen molar-refractivity contribution in [3.05, 3.63) is 22.4 Å². The Kier molecular flexibility index (Phi) is 4.01. The number of carboxylic acid groups (broad SMARTS) is 1. The van der Waals surface area contributed by atoms with Crippen molar-refractivity contribution in [3.63, 3.8) is 0 Å². The molecule has 1 amide bonds. The zero-order valence-electron chi connectivity index (χ0n) is 10.3. The van der Waals surface area contributed by atoms with Gasteiger partial charge in [0.15, 0.2) is 0 Å². The first-order valence-corrected chi connectivity index (χ1v) is 7.02. The van der Waals surface area contributed by atoms with Crippen molar-refractivity contribution in [3.8, 4) is 0 Å². The van der Waals surface area contributed by atoms with E-state index in [1.54, 1.807) is 16.2 Å². The smallest absolute Gasteiger partial charge is 0.308 e.